The van der Waals surface area contributed by atoms with E-state index in [4.69, 9.17) is 4.98 Å². The number of carbonyl (C=O) groups is 1. The average molecular weight is 353 g/mol. The molecule has 1 N–H and O–H groups in total. The van der Waals surface area contributed by atoms with Crippen LogP contribution in [-0.4, -0.2) is 34.2 Å². The zero-order chi connectivity index (χ0) is 17.2. The molecule has 1 fully saturated rings. The van der Waals surface area contributed by atoms with Crippen molar-refractivity contribution in [2.75, 3.05) is 23.3 Å². The summed E-state index contributed by atoms with van der Waals surface area (Å²) in [5, 5.41) is 12.2. The molecule has 7 heteroatoms. The number of pyridine rings is 1. The minimum Gasteiger partial charge on any atom is -0.356 e. The Bertz CT molecular complexity index is 888. The van der Waals surface area contributed by atoms with Crippen LogP contribution in [0, 0.1) is 12.8 Å². The molecule has 6 nitrogen and oxygen atoms in total. The molecule has 0 radical (unpaired) electrons. The highest BCUT2D eigenvalue weighted by atomic mass is 32.1. The summed E-state index contributed by atoms with van der Waals surface area (Å²) in [7, 11) is 0. The molecule has 1 aromatic carbocycles. The van der Waals surface area contributed by atoms with Gasteiger partial charge in [0.05, 0.1) is 5.52 Å². The van der Waals surface area contributed by atoms with Crippen LogP contribution in [0.15, 0.2) is 35.8 Å². The third-order valence-corrected chi connectivity index (χ3v) is 5.25. The van der Waals surface area contributed by atoms with Crippen LogP contribution < -0.4 is 10.2 Å². The van der Waals surface area contributed by atoms with Gasteiger partial charge in [-0.15, -0.1) is 10.2 Å². The molecular weight excluding hydrogens is 334 g/mol. The summed E-state index contributed by atoms with van der Waals surface area (Å²) >= 11 is 1.34. The average Bonchev–Trinajstić information content (AvgIpc) is 3.14. The van der Waals surface area contributed by atoms with Crippen LogP contribution in [0.4, 0.5) is 10.9 Å². The van der Waals surface area contributed by atoms with Gasteiger partial charge in [-0.25, -0.2) is 4.98 Å². The largest absolute Gasteiger partial charge is 0.356 e. The van der Waals surface area contributed by atoms with Crippen molar-refractivity contribution < 1.29 is 4.79 Å². The number of benzene rings is 1. The minimum absolute atomic E-state index is 0.0147. The Balaban J connectivity index is 1.45. The number of hydrogen-bond acceptors (Lipinski definition) is 6. The maximum Gasteiger partial charge on any atom is 0.229 e. The molecule has 2 aromatic heterocycles. The van der Waals surface area contributed by atoms with Gasteiger partial charge in [0.25, 0.3) is 0 Å². The van der Waals surface area contributed by atoms with Crippen molar-refractivity contribution in [1.82, 2.24) is 15.2 Å². The first kappa shape index (κ1) is 16.0. The zero-order valence-electron chi connectivity index (χ0n) is 14.0. The number of nitrogens with zero attached hydrogens (tertiary/aromatic N) is 4. The summed E-state index contributed by atoms with van der Waals surface area (Å²) in [6, 6.07) is 10.4. The summed E-state index contributed by atoms with van der Waals surface area (Å²) in [5.41, 5.74) is 3.81. The molecule has 1 amide bonds. The lowest BCUT2D eigenvalue weighted by Gasteiger charge is -2.33. The van der Waals surface area contributed by atoms with Gasteiger partial charge < -0.3 is 10.2 Å². The Morgan fingerprint density at radius 2 is 2.08 bits per heavy atom. The van der Waals surface area contributed by atoms with Gasteiger partial charge in [-0.3, -0.25) is 4.79 Å². The Morgan fingerprint density at radius 3 is 2.84 bits per heavy atom. The predicted octanol–water partition coefficient (Wildman–Crippen LogP) is 3.25. The lowest BCUT2D eigenvalue weighted by atomic mass is 9.95. The van der Waals surface area contributed by atoms with Gasteiger partial charge in [-0.1, -0.05) is 29.5 Å². The number of hydrogen-bond donors (Lipinski definition) is 1. The molecule has 1 aliphatic rings. The molecule has 0 bridgehead atoms. The summed E-state index contributed by atoms with van der Waals surface area (Å²) in [5.74, 6) is 1.09. The SMILES string of the molecule is Cc1cc2ccccc2nc1N1CCC(C(=O)Nc2nncs2)CC1. The molecule has 0 unspecified atom stereocenters. The van der Waals surface area contributed by atoms with Gasteiger partial charge in [0.1, 0.15) is 11.3 Å². The quantitative estimate of drug-likeness (QED) is 0.783. The van der Waals surface area contributed by atoms with E-state index in [-0.39, 0.29) is 11.8 Å². The fraction of sp³-hybridized carbons (Fsp3) is 0.333. The van der Waals surface area contributed by atoms with Crippen LogP contribution in [0.2, 0.25) is 0 Å². The highest BCUT2D eigenvalue weighted by Crippen LogP contribution is 2.28. The minimum atomic E-state index is 0.0147. The number of para-hydroxylation sites is 1. The Kier molecular flexibility index (Phi) is 4.31. The Labute approximate surface area is 149 Å². The van der Waals surface area contributed by atoms with Crippen LogP contribution in [0.3, 0.4) is 0 Å². The zero-order valence-corrected chi connectivity index (χ0v) is 14.8. The smallest absolute Gasteiger partial charge is 0.229 e. The van der Waals surface area contributed by atoms with E-state index in [0.29, 0.717) is 5.13 Å². The van der Waals surface area contributed by atoms with E-state index in [9.17, 15) is 4.79 Å². The molecule has 3 aromatic rings. The van der Waals surface area contributed by atoms with Crippen LogP contribution in [0.1, 0.15) is 18.4 Å². The molecule has 4 rings (SSSR count). The van der Waals surface area contributed by atoms with Crippen molar-refractivity contribution in [3.63, 3.8) is 0 Å². The van der Waals surface area contributed by atoms with Crippen LogP contribution in [0.5, 0.6) is 0 Å². The number of piperidine rings is 1. The molecular formula is C18H19N5OS. The highest BCUT2D eigenvalue weighted by molar-refractivity contribution is 7.13. The third-order valence-electron chi connectivity index (χ3n) is 4.64. The standard InChI is InChI=1S/C18H19N5OS/c1-12-10-14-4-2-3-5-15(14)20-16(12)23-8-6-13(7-9-23)17(24)21-18-22-19-11-25-18/h2-5,10-11,13H,6-9H2,1H3,(H,21,22,24). The number of aromatic nitrogens is 3. The van der Waals surface area contributed by atoms with Gasteiger partial charge in [0, 0.05) is 24.4 Å². The number of amides is 1. The van der Waals surface area contributed by atoms with Crippen molar-refractivity contribution in [3.05, 3.63) is 41.4 Å². The molecule has 1 saturated heterocycles. The molecule has 0 saturated carbocycles. The molecule has 1 aliphatic heterocycles. The van der Waals surface area contributed by atoms with Crippen LogP contribution in [-0.2, 0) is 4.79 Å². The highest BCUT2D eigenvalue weighted by Gasteiger charge is 2.26. The van der Waals surface area contributed by atoms with Gasteiger partial charge in [-0.2, -0.15) is 0 Å². The number of aryl methyl sites for hydroxylation is 1. The first-order chi connectivity index (χ1) is 12.2. The predicted molar refractivity (Wildman–Crippen MR) is 100.0 cm³/mol. The number of fused-ring (bicyclic) bond motifs is 1. The molecule has 0 spiro atoms. The topological polar surface area (TPSA) is 71.0 Å². The van der Waals surface area contributed by atoms with Crippen molar-refractivity contribution in [3.8, 4) is 0 Å². The fourth-order valence-electron chi connectivity index (χ4n) is 3.32. The van der Waals surface area contributed by atoms with Gasteiger partial charge in [0.15, 0.2) is 0 Å². The van der Waals surface area contributed by atoms with Crippen LogP contribution >= 0.6 is 11.3 Å². The lowest BCUT2D eigenvalue weighted by Crippen LogP contribution is -2.38. The second-order valence-electron chi connectivity index (χ2n) is 6.32. The summed E-state index contributed by atoms with van der Waals surface area (Å²) in [6.45, 7) is 3.77. The van der Waals surface area contributed by atoms with Crippen molar-refractivity contribution in [1.29, 1.82) is 0 Å². The number of rotatable bonds is 3. The lowest BCUT2D eigenvalue weighted by molar-refractivity contribution is -0.120. The van der Waals surface area contributed by atoms with Crippen LogP contribution in [0.25, 0.3) is 10.9 Å². The molecule has 25 heavy (non-hydrogen) atoms. The molecule has 0 aliphatic carbocycles. The number of carbonyl (C=O) groups excluding carboxylic acids is 1. The number of anilines is 2. The van der Waals surface area contributed by atoms with E-state index in [1.807, 2.05) is 18.2 Å². The van der Waals surface area contributed by atoms with Crippen molar-refractivity contribution in [2.24, 2.45) is 5.92 Å². The van der Waals surface area contributed by atoms with E-state index < -0.39 is 0 Å². The summed E-state index contributed by atoms with van der Waals surface area (Å²) in [6.07, 6.45) is 1.64. The van der Waals surface area contributed by atoms with Gasteiger partial charge in [0.2, 0.25) is 11.0 Å². The van der Waals surface area contributed by atoms with E-state index in [1.165, 1.54) is 16.9 Å². The van der Waals surface area contributed by atoms with Crippen molar-refractivity contribution >= 4 is 39.1 Å². The first-order valence-corrected chi connectivity index (χ1v) is 9.27. The van der Waals surface area contributed by atoms with E-state index in [2.05, 4.69) is 39.5 Å². The molecule has 128 valence electrons. The van der Waals surface area contributed by atoms with E-state index >= 15 is 0 Å². The fourth-order valence-corrected chi connectivity index (χ4v) is 3.77. The van der Waals surface area contributed by atoms with E-state index in [1.54, 1.807) is 5.51 Å². The maximum atomic E-state index is 12.3. The third kappa shape index (κ3) is 3.32. The van der Waals surface area contributed by atoms with E-state index in [0.717, 1.165) is 42.7 Å². The van der Waals surface area contributed by atoms with Crippen molar-refractivity contribution in [2.45, 2.75) is 19.8 Å². The Hall–Kier alpha value is -2.54. The normalized spacial score (nSPS) is 15.5. The summed E-state index contributed by atoms with van der Waals surface area (Å²) < 4.78 is 0. The van der Waals surface area contributed by atoms with Gasteiger partial charge >= 0.3 is 0 Å². The van der Waals surface area contributed by atoms with Gasteiger partial charge in [-0.05, 0) is 37.5 Å². The molecule has 0 atom stereocenters. The first-order valence-electron chi connectivity index (χ1n) is 8.39. The summed E-state index contributed by atoms with van der Waals surface area (Å²) in [4.78, 5) is 19.5. The monoisotopic (exact) mass is 353 g/mol. The second kappa shape index (κ2) is 6.76. The maximum absolute atomic E-state index is 12.3. The second-order valence-corrected chi connectivity index (χ2v) is 7.15. The Morgan fingerprint density at radius 1 is 1.28 bits per heavy atom. The molecule has 3 heterocycles. The number of nitrogens with one attached hydrogen (secondary N) is 1.